The summed E-state index contributed by atoms with van der Waals surface area (Å²) in [6, 6.07) is 6.14. The van der Waals surface area contributed by atoms with Crippen molar-refractivity contribution in [2.75, 3.05) is 11.4 Å². The SMILES string of the molecule is CC(C)(C)OC(=O)N1CC2(CC2)c2cc(Br)ccc21. The van der Waals surface area contributed by atoms with Gasteiger partial charge in [0.05, 0.1) is 5.69 Å². The Balaban J connectivity index is 1.93. The zero-order valence-electron chi connectivity index (χ0n) is 11.5. The molecule has 0 atom stereocenters. The van der Waals surface area contributed by atoms with E-state index in [1.807, 2.05) is 32.9 Å². The Kier molecular flexibility index (Phi) is 2.72. The van der Waals surface area contributed by atoms with Crippen LogP contribution in [-0.2, 0) is 10.2 Å². The Morgan fingerprint density at radius 3 is 2.63 bits per heavy atom. The van der Waals surface area contributed by atoms with Crippen molar-refractivity contribution >= 4 is 27.7 Å². The van der Waals surface area contributed by atoms with Crippen LogP contribution in [0, 0.1) is 0 Å². The van der Waals surface area contributed by atoms with E-state index in [1.54, 1.807) is 4.90 Å². The van der Waals surface area contributed by atoms with E-state index in [-0.39, 0.29) is 11.5 Å². The molecule has 1 fully saturated rings. The molecule has 0 bridgehead atoms. The molecule has 1 heterocycles. The quantitative estimate of drug-likeness (QED) is 0.714. The van der Waals surface area contributed by atoms with E-state index in [0.717, 1.165) is 29.5 Å². The van der Waals surface area contributed by atoms with Gasteiger partial charge in [-0.15, -0.1) is 0 Å². The highest BCUT2D eigenvalue weighted by atomic mass is 79.9. The number of fused-ring (bicyclic) bond motifs is 2. The average Bonchev–Trinajstić information content (AvgIpc) is 2.97. The van der Waals surface area contributed by atoms with Gasteiger partial charge >= 0.3 is 6.09 Å². The Labute approximate surface area is 122 Å². The van der Waals surface area contributed by atoms with Crippen LogP contribution in [0.4, 0.5) is 10.5 Å². The molecule has 1 spiro atoms. The molecule has 3 rings (SSSR count). The Hall–Kier alpha value is -1.03. The summed E-state index contributed by atoms with van der Waals surface area (Å²) in [6.45, 7) is 6.46. The predicted molar refractivity (Wildman–Crippen MR) is 78.6 cm³/mol. The van der Waals surface area contributed by atoms with Crippen LogP contribution in [0.1, 0.15) is 39.2 Å². The maximum atomic E-state index is 12.3. The Morgan fingerprint density at radius 1 is 1.37 bits per heavy atom. The van der Waals surface area contributed by atoms with E-state index >= 15 is 0 Å². The van der Waals surface area contributed by atoms with Crippen LogP contribution in [0.3, 0.4) is 0 Å². The van der Waals surface area contributed by atoms with Crippen LogP contribution >= 0.6 is 15.9 Å². The zero-order valence-corrected chi connectivity index (χ0v) is 13.1. The predicted octanol–water partition coefficient (Wildman–Crippen LogP) is 4.24. The molecule has 3 nitrogen and oxygen atoms in total. The second kappa shape index (κ2) is 3.98. The minimum atomic E-state index is -0.452. The molecular weight excluding hydrogens is 306 g/mol. The van der Waals surface area contributed by atoms with Crippen molar-refractivity contribution in [2.24, 2.45) is 0 Å². The largest absolute Gasteiger partial charge is 0.443 e. The summed E-state index contributed by atoms with van der Waals surface area (Å²) in [5.41, 5.74) is 2.03. The van der Waals surface area contributed by atoms with Gasteiger partial charge in [0, 0.05) is 16.4 Å². The van der Waals surface area contributed by atoms with Crippen LogP contribution in [0.15, 0.2) is 22.7 Å². The first-order chi connectivity index (χ1) is 8.81. The summed E-state index contributed by atoms with van der Waals surface area (Å²) in [7, 11) is 0. The number of hydrogen-bond acceptors (Lipinski definition) is 2. The Bertz CT molecular complexity index is 544. The number of anilines is 1. The number of halogens is 1. The minimum absolute atomic E-state index is 0.190. The average molecular weight is 324 g/mol. The van der Waals surface area contributed by atoms with Crippen molar-refractivity contribution in [2.45, 2.75) is 44.6 Å². The molecule has 0 radical (unpaired) electrons. The number of ether oxygens (including phenoxy) is 1. The standard InChI is InChI=1S/C15H18BrNO2/c1-14(2,3)19-13(18)17-9-15(6-7-15)11-8-10(16)4-5-12(11)17/h4-5,8H,6-7,9H2,1-3H3. The van der Waals surface area contributed by atoms with E-state index in [4.69, 9.17) is 4.74 Å². The van der Waals surface area contributed by atoms with Gasteiger partial charge in [-0.2, -0.15) is 0 Å². The van der Waals surface area contributed by atoms with E-state index in [2.05, 4.69) is 22.0 Å². The van der Waals surface area contributed by atoms with E-state index < -0.39 is 5.60 Å². The second-order valence-electron chi connectivity index (χ2n) is 6.51. The van der Waals surface area contributed by atoms with E-state index in [1.165, 1.54) is 5.56 Å². The first kappa shape index (κ1) is 13.0. The molecule has 102 valence electrons. The first-order valence-electron chi connectivity index (χ1n) is 6.61. The minimum Gasteiger partial charge on any atom is -0.443 e. The van der Waals surface area contributed by atoms with Crippen molar-refractivity contribution in [3.63, 3.8) is 0 Å². The van der Waals surface area contributed by atoms with Gasteiger partial charge < -0.3 is 4.74 Å². The summed E-state index contributed by atoms with van der Waals surface area (Å²) in [5.74, 6) is 0. The molecule has 1 amide bonds. The molecule has 1 aromatic carbocycles. The lowest BCUT2D eigenvalue weighted by atomic mass is 9.99. The summed E-state index contributed by atoms with van der Waals surface area (Å²) in [5, 5.41) is 0. The van der Waals surface area contributed by atoms with Gasteiger partial charge in [0.1, 0.15) is 5.60 Å². The first-order valence-corrected chi connectivity index (χ1v) is 7.41. The number of carbonyl (C=O) groups excluding carboxylic acids is 1. The van der Waals surface area contributed by atoms with Crippen molar-refractivity contribution in [3.8, 4) is 0 Å². The summed E-state index contributed by atoms with van der Waals surface area (Å²) in [6.07, 6.45) is 2.09. The summed E-state index contributed by atoms with van der Waals surface area (Å²) >= 11 is 3.52. The number of rotatable bonds is 0. The van der Waals surface area contributed by atoms with E-state index in [9.17, 15) is 4.79 Å². The molecule has 1 aliphatic carbocycles. The lowest BCUT2D eigenvalue weighted by Gasteiger charge is -2.25. The third-order valence-corrected chi connectivity index (χ3v) is 4.24. The van der Waals surface area contributed by atoms with Gasteiger partial charge in [-0.3, -0.25) is 4.90 Å². The van der Waals surface area contributed by atoms with Gasteiger partial charge in [0.2, 0.25) is 0 Å². The molecule has 1 aromatic rings. The van der Waals surface area contributed by atoms with Gasteiger partial charge in [0.15, 0.2) is 0 Å². The molecule has 0 N–H and O–H groups in total. The van der Waals surface area contributed by atoms with Crippen LogP contribution in [0.2, 0.25) is 0 Å². The molecule has 0 aromatic heterocycles. The second-order valence-corrected chi connectivity index (χ2v) is 7.42. The van der Waals surface area contributed by atoms with Crippen LogP contribution in [-0.4, -0.2) is 18.2 Å². The van der Waals surface area contributed by atoms with Gasteiger partial charge in [0.25, 0.3) is 0 Å². The molecular formula is C15H18BrNO2. The smallest absolute Gasteiger partial charge is 0.414 e. The summed E-state index contributed by atoms with van der Waals surface area (Å²) < 4.78 is 6.58. The van der Waals surface area contributed by atoms with Gasteiger partial charge in [-0.25, -0.2) is 4.79 Å². The highest BCUT2D eigenvalue weighted by molar-refractivity contribution is 9.10. The molecule has 1 saturated carbocycles. The van der Waals surface area contributed by atoms with Crippen molar-refractivity contribution in [1.29, 1.82) is 0 Å². The normalized spacial score (nSPS) is 19.5. The fraction of sp³-hybridized carbons (Fsp3) is 0.533. The number of benzene rings is 1. The molecule has 0 unspecified atom stereocenters. The maximum Gasteiger partial charge on any atom is 0.414 e. The van der Waals surface area contributed by atoms with Crippen molar-refractivity contribution in [1.82, 2.24) is 0 Å². The fourth-order valence-electron chi connectivity index (χ4n) is 2.70. The lowest BCUT2D eigenvalue weighted by Crippen LogP contribution is -2.37. The Morgan fingerprint density at radius 2 is 2.05 bits per heavy atom. The highest BCUT2D eigenvalue weighted by Crippen LogP contribution is 2.57. The monoisotopic (exact) mass is 323 g/mol. The third kappa shape index (κ3) is 2.27. The number of nitrogens with zero attached hydrogens (tertiary/aromatic N) is 1. The fourth-order valence-corrected chi connectivity index (χ4v) is 3.06. The van der Waals surface area contributed by atoms with Gasteiger partial charge in [-0.05, 0) is 57.4 Å². The van der Waals surface area contributed by atoms with Crippen molar-refractivity contribution < 1.29 is 9.53 Å². The molecule has 0 saturated heterocycles. The third-order valence-electron chi connectivity index (χ3n) is 3.75. The lowest BCUT2D eigenvalue weighted by molar-refractivity contribution is 0.0581. The highest BCUT2D eigenvalue weighted by Gasteiger charge is 2.53. The van der Waals surface area contributed by atoms with Crippen LogP contribution < -0.4 is 4.90 Å². The van der Waals surface area contributed by atoms with Crippen molar-refractivity contribution in [3.05, 3.63) is 28.2 Å². The van der Waals surface area contributed by atoms with Crippen LogP contribution in [0.25, 0.3) is 0 Å². The number of hydrogen-bond donors (Lipinski definition) is 0. The van der Waals surface area contributed by atoms with Crippen LogP contribution in [0.5, 0.6) is 0 Å². The van der Waals surface area contributed by atoms with E-state index in [0.29, 0.717) is 0 Å². The maximum absolute atomic E-state index is 12.3. The topological polar surface area (TPSA) is 29.5 Å². The molecule has 19 heavy (non-hydrogen) atoms. The number of carbonyl (C=O) groups is 1. The van der Waals surface area contributed by atoms with Gasteiger partial charge in [-0.1, -0.05) is 15.9 Å². The number of amides is 1. The molecule has 1 aliphatic heterocycles. The zero-order chi connectivity index (χ0) is 13.8. The molecule has 4 heteroatoms. The molecule has 2 aliphatic rings. The summed E-state index contributed by atoms with van der Waals surface area (Å²) in [4.78, 5) is 14.1.